The fourth-order valence-corrected chi connectivity index (χ4v) is 4.37. The largest absolute Gasteiger partial charge is 0.493 e. The summed E-state index contributed by atoms with van der Waals surface area (Å²) >= 11 is 1.39. The van der Waals surface area contributed by atoms with Crippen LogP contribution >= 0.6 is 11.8 Å². The highest BCUT2D eigenvalue weighted by Gasteiger charge is 2.19. The van der Waals surface area contributed by atoms with Crippen LogP contribution in [0.3, 0.4) is 0 Å². The normalized spacial score (nSPS) is 10.9. The first-order valence-corrected chi connectivity index (χ1v) is 12.0. The second-order valence-corrected chi connectivity index (χ2v) is 8.67. The molecule has 0 atom stereocenters. The van der Waals surface area contributed by atoms with Crippen molar-refractivity contribution in [2.75, 3.05) is 12.9 Å². The summed E-state index contributed by atoms with van der Waals surface area (Å²) in [7, 11) is 1.45. The Labute approximate surface area is 212 Å². The van der Waals surface area contributed by atoms with E-state index in [9.17, 15) is 14.9 Å². The van der Waals surface area contributed by atoms with E-state index in [1.807, 2.05) is 72.8 Å². The van der Waals surface area contributed by atoms with Crippen LogP contribution in [-0.2, 0) is 11.4 Å². The minimum Gasteiger partial charge on any atom is -0.493 e. The van der Waals surface area contributed by atoms with Crippen LogP contribution in [0.2, 0.25) is 0 Å². The number of benzene rings is 4. The van der Waals surface area contributed by atoms with Gasteiger partial charge >= 0.3 is 0 Å². The van der Waals surface area contributed by atoms with E-state index in [4.69, 9.17) is 9.47 Å². The molecule has 0 saturated heterocycles. The average molecular weight is 502 g/mol. The summed E-state index contributed by atoms with van der Waals surface area (Å²) in [5, 5.41) is 17.8. The average Bonchev–Trinajstić information content (AvgIpc) is 2.91. The number of carbonyl (C=O) groups excluding carboxylic acids is 1. The van der Waals surface area contributed by atoms with Crippen LogP contribution in [0, 0.1) is 10.1 Å². The van der Waals surface area contributed by atoms with Crippen molar-refractivity contribution in [2.45, 2.75) is 11.5 Å². The van der Waals surface area contributed by atoms with Crippen molar-refractivity contribution in [3.8, 4) is 11.5 Å². The number of carbonyl (C=O) groups is 1. The number of hydrazone groups is 1. The van der Waals surface area contributed by atoms with Crippen molar-refractivity contribution in [1.82, 2.24) is 5.43 Å². The molecular weight excluding hydrogens is 478 g/mol. The Kier molecular flexibility index (Phi) is 8.15. The predicted octanol–water partition coefficient (Wildman–Crippen LogP) is 5.58. The molecule has 1 amide bonds. The molecule has 8 nitrogen and oxygen atoms in total. The van der Waals surface area contributed by atoms with Crippen LogP contribution in [0.4, 0.5) is 5.69 Å². The van der Waals surface area contributed by atoms with E-state index in [1.165, 1.54) is 37.2 Å². The molecule has 9 heteroatoms. The monoisotopic (exact) mass is 501 g/mol. The van der Waals surface area contributed by atoms with Gasteiger partial charge in [0, 0.05) is 4.90 Å². The molecule has 0 heterocycles. The standard InChI is InChI=1S/C27H23N3O5S/c1-34-24-14-21(23(30(32)33)15-25(24)35-17-19-8-3-2-4-9-19)16-28-29-27(31)18-36-26-13-7-11-20-10-5-6-12-22(20)26/h2-16H,17-18H2,1H3,(H,29,31)/b28-16-. The lowest BCUT2D eigenvalue weighted by Crippen LogP contribution is -2.19. The number of ether oxygens (including phenoxy) is 2. The highest BCUT2D eigenvalue weighted by atomic mass is 32.2. The number of nitrogens with zero attached hydrogens (tertiary/aromatic N) is 2. The number of nitro groups is 1. The molecule has 182 valence electrons. The van der Waals surface area contributed by atoms with Crippen LogP contribution in [0.25, 0.3) is 10.8 Å². The molecule has 0 spiro atoms. The molecule has 0 unspecified atom stereocenters. The van der Waals surface area contributed by atoms with Gasteiger partial charge in [-0.3, -0.25) is 14.9 Å². The Morgan fingerprint density at radius 2 is 1.78 bits per heavy atom. The van der Waals surface area contributed by atoms with Gasteiger partial charge in [0.15, 0.2) is 11.5 Å². The van der Waals surface area contributed by atoms with Gasteiger partial charge in [0.25, 0.3) is 5.69 Å². The fourth-order valence-electron chi connectivity index (χ4n) is 3.51. The maximum atomic E-state index is 12.3. The van der Waals surface area contributed by atoms with Gasteiger partial charge in [0.05, 0.1) is 35.6 Å². The molecule has 0 bridgehead atoms. The third-order valence-corrected chi connectivity index (χ3v) is 6.32. The van der Waals surface area contributed by atoms with Gasteiger partial charge < -0.3 is 9.47 Å². The van der Waals surface area contributed by atoms with E-state index in [0.717, 1.165) is 21.2 Å². The SMILES string of the molecule is COc1cc(/C=N\NC(=O)CSc2cccc3ccccc23)c([N+](=O)[O-])cc1OCc1ccccc1. The van der Waals surface area contributed by atoms with E-state index in [1.54, 1.807) is 0 Å². The van der Waals surface area contributed by atoms with Gasteiger partial charge in [-0.15, -0.1) is 11.8 Å². The molecule has 0 fully saturated rings. The highest BCUT2D eigenvalue weighted by Crippen LogP contribution is 2.34. The lowest BCUT2D eigenvalue weighted by atomic mass is 10.1. The van der Waals surface area contributed by atoms with Crippen molar-refractivity contribution < 1.29 is 19.2 Å². The van der Waals surface area contributed by atoms with Gasteiger partial charge in [-0.25, -0.2) is 5.43 Å². The highest BCUT2D eigenvalue weighted by molar-refractivity contribution is 8.00. The molecule has 36 heavy (non-hydrogen) atoms. The van der Waals surface area contributed by atoms with Crippen LogP contribution in [0.5, 0.6) is 11.5 Å². The molecule has 0 radical (unpaired) electrons. The zero-order valence-electron chi connectivity index (χ0n) is 19.4. The zero-order chi connectivity index (χ0) is 25.3. The number of thioether (sulfide) groups is 1. The Bertz CT molecular complexity index is 1400. The number of nitro benzene ring substituents is 1. The Balaban J connectivity index is 1.42. The molecular formula is C27H23N3O5S. The molecule has 4 aromatic rings. The number of fused-ring (bicyclic) bond motifs is 1. The molecule has 4 aromatic carbocycles. The van der Waals surface area contributed by atoms with Crippen molar-refractivity contribution in [1.29, 1.82) is 0 Å². The van der Waals surface area contributed by atoms with Crippen molar-refractivity contribution >= 4 is 40.3 Å². The zero-order valence-corrected chi connectivity index (χ0v) is 20.2. The maximum Gasteiger partial charge on any atom is 0.282 e. The first-order valence-electron chi connectivity index (χ1n) is 11.0. The van der Waals surface area contributed by atoms with Gasteiger partial charge in [-0.05, 0) is 28.5 Å². The Morgan fingerprint density at radius 1 is 1.03 bits per heavy atom. The van der Waals surface area contributed by atoms with Crippen LogP contribution in [0.15, 0.2) is 94.9 Å². The van der Waals surface area contributed by atoms with Crippen molar-refractivity contribution in [3.63, 3.8) is 0 Å². The second-order valence-electron chi connectivity index (χ2n) is 7.65. The Morgan fingerprint density at radius 3 is 2.56 bits per heavy atom. The number of amides is 1. The summed E-state index contributed by atoms with van der Waals surface area (Å²) in [5.74, 6) is 0.362. The summed E-state index contributed by atoms with van der Waals surface area (Å²) in [4.78, 5) is 24.5. The van der Waals surface area contributed by atoms with E-state index < -0.39 is 4.92 Å². The molecule has 0 aliphatic carbocycles. The number of hydrogen-bond donors (Lipinski definition) is 1. The lowest BCUT2D eigenvalue weighted by Gasteiger charge is -2.12. The quantitative estimate of drug-likeness (QED) is 0.132. The van der Waals surface area contributed by atoms with Gasteiger partial charge in [-0.2, -0.15) is 5.10 Å². The molecule has 0 saturated carbocycles. The van der Waals surface area contributed by atoms with Gasteiger partial charge in [0.2, 0.25) is 5.91 Å². The first-order chi connectivity index (χ1) is 17.5. The Hall–Kier alpha value is -4.37. The van der Waals surface area contributed by atoms with E-state index in [-0.39, 0.29) is 35.3 Å². The molecule has 1 N–H and O–H groups in total. The summed E-state index contributed by atoms with van der Waals surface area (Å²) in [6.07, 6.45) is 1.22. The first kappa shape index (κ1) is 24.7. The maximum absolute atomic E-state index is 12.3. The summed E-state index contributed by atoms with van der Waals surface area (Å²) < 4.78 is 11.1. The summed E-state index contributed by atoms with van der Waals surface area (Å²) in [6.45, 7) is 0.228. The lowest BCUT2D eigenvalue weighted by molar-refractivity contribution is -0.385. The molecule has 4 rings (SSSR count). The van der Waals surface area contributed by atoms with E-state index in [2.05, 4.69) is 10.5 Å². The topological polar surface area (TPSA) is 103 Å². The molecule has 0 aliphatic rings. The second kappa shape index (κ2) is 11.9. The van der Waals surface area contributed by atoms with Gasteiger partial charge in [-0.1, -0.05) is 66.7 Å². The van der Waals surface area contributed by atoms with E-state index in [0.29, 0.717) is 5.75 Å². The number of nitrogens with one attached hydrogen (secondary N) is 1. The number of methoxy groups -OCH3 is 1. The van der Waals surface area contributed by atoms with Crippen molar-refractivity contribution in [2.24, 2.45) is 5.10 Å². The van der Waals surface area contributed by atoms with E-state index >= 15 is 0 Å². The van der Waals surface area contributed by atoms with Gasteiger partial charge in [0.1, 0.15) is 6.61 Å². The fraction of sp³-hybridized carbons (Fsp3) is 0.111. The summed E-state index contributed by atoms with van der Waals surface area (Å²) in [5.41, 5.74) is 3.29. The third kappa shape index (κ3) is 6.19. The minimum absolute atomic E-state index is 0.142. The minimum atomic E-state index is -0.533. The predicted molar refractivity (Wildman–Crippen MR) is 141 cm³/mol. The van der Waals surface area contributed by atoms with Crippen LogP contribution in [0.1, 0.15) is 11.1 Å². The van der Waals surface area contributed by atoms with Crippen LogP contribution in [-0.4, -0.2) is 29.9 Å². The van der Waals surface area contributed by atoms with Crippen molar-refractivity contribution in [3.05, 3.63) is 106 Å². The van der Waals surface area contributed by atoms with Crippen LogP contribution < -0.4 is 14.9 Å². The third-order valence-electron chi connectivity index (χ3n) is 5.25. The molecule has 0 aromatic heterocycles. The summed E-state index contributed by atoms with van der Waals surface area (Å²) in [6, 6.07) is 26.1. The smallest absolute Gasteiger partial charge is 0.282 e. The number of rotatable bonds is 10. The number of hydrogen-bond acceptors (Lipinski definition) is 7. The molecule has 0 aliphatic heterocycles.